The standard InChI is InChI=1S/C19H25N3O/c1-14-4-6-17(7-5-14)13-23-18-12-16(3)20-19(21-18)22-10-8-15(2)9-11-22/h4-7,12,15H,8-11,13H2,1-3H3. The predicted octanol–water partition coefficient (Wildman–Crippen LogP) is 3.91. The third-order valence-electron chi connectivity index (χ3n) is 4.39. The van der Waals surface area contributed by atoms with Gasteiger partial charge in [0.2, 0.25) is 11.8 Å². The molecule has 1 aliphatic rings. The molecule has 3 rings (SSSR count). The van der Waals surface area contributed by atoms with Crippen LogP contribution in [0.15, 0.2) is 30.3 Å². The van der Waals surface area contributed by atoms with E-state index in [2.05, 4.69) is 53.0 Å². The van der Waals surface area contributed by atoms with Crippen LogP contribution >= 0.6 is 0 Å². The Balaban J connectivity index is 1.68. The molecule has 1 fully saturated rings. The largest absolute Gasteiger partial charge is 0.473 e. The van der Waals surface area contributed by atoms with Crippen molar-refractivity contribution in [2.45, 2.75) is 40.2 Å². The topological polar surface area (TPSA) is 38.2 Å². The molecule has 1 saturated heterocycles. The maximum absolute atomic E-state index is 5.89. The van der Waals surface area contributed by atoms with Crippen LogP contribution in [0.25, 0.3) is 0 Å². The van der Waals surface area contributed by atoms with Gasteiger partial charge in [-0.3, -0.25) is 0 Å². The molecule has 1 aliphatic heterocycles. The Kier molecular flexibility index (Phi) is 4.79. The lowest BCUT2D eigenvalue weighted by Crippen LogP contribution is -2.34. The molecule has 0 bridgehead atoms. The number of rotatable bonds is 4. The average molecular weight is 311 g/mol. The highest BCUT2D eigenvalue weighted by Crippen LogP contribution is 2.22. The zero-order valence-corrected chi connectivity index (χ0v) is 14.2. The first-order chi connectivity index (χ1) is 11.1. The van der Waals surface area contributed by atoms with Gasteiger partial charge in [0.05, 0.1) is 0 Å². The van der Waals surface area contributed by atoms with Crippen molar-refractivity contribution in [2.75, 3.05) is 18.0 Å². The third-order valence-corrected chi connectivity index (χ3v) is 4.39. The molecule has 4 heteroatoms. The smallest absolute Gasteiger partial charge is 0.228 e. The third kappa shape index (κ3) is 4.21. The van der Waals surface area contributed by atoms with Crippen LogP contribution in [0.2, 0.25) is 0 Å². The molecule has 0 atom stereocenters. The summed E-state index contributed by atoms with van der Waals surface area (Å²) in [6.45, 7) is 8.99. The molecule has 1 aromatic carbocycles. The Morgan fingerprint density at radius 2 is 1.78 bits per heavy atom. The lowest BCUT2D eigenvalue weighted by Gasteiger charge is -2.30. The first-order valence-corrected chi connectivity index (χ1v) is 8.39. The summed E-state index contributed by atoms with van der Waals surface area (Å²) in [5.74, 6) is 2.26. The van der Waals surface area contributed by atoms with E-state index in [1.54, 1.807) is 0 Å². The monoisotopic (exact) mass is 311 g/mol. The summed E-state index contributed by atoms with van der Waals surface area (Å²) in [5.41, 5.74) is 3.36. The minimum atomic E-state index is 0.535. The number of anilines is 1. The number of hydrogen-bond acceptors (Lipinski definition) is 4. The average Bonchev–Trinajstić information content (AvgIpc) is 2.54. The fourth-order valence-corrected chi connectivity index (χ4v) is 2.79. The summed E-state index contributed by atoms with van der Waals surface area (Å²) in [6, 6.07) is 10.3. The second-order valence-electron chi connectivity index (χ2n) is 6.59. The number of aromatic nitrogens is 2. The zero-order chi connectivity index (χ0) is 16.2. The van der Waals surface area contributed by atoms with Crippen molar-refractivity contribution in [3.8, 4) is 5.88 Å². The lowest BCUT2D eigenvalue weighted by atomic mass is 10.00. The van der Waals surface area contributed by atoms with E-state index in [-0.39, 0.29) is 0 Å². The molecule has 122 valence electrons. The van der Waals surface area contributed by atoms with E-state index in [0.717, 1.165) is 36.2 Å². The van der Waals surface area contributed by atoms with Gasteiger partial charge in [0.25, 0.3) is 0 Å². The number of piperidine rings is 1. The van der Waals surface area contributed by atoms with Gasteiger partial charge in [0.1, 0.15) is 6.61 Å². The summed E-state index contributed by atoms with van der Waals surface area (Å²) in [7, 11) is 0. The minimum absolute atomic E-state index is 0.535. The minimum Gasteiger partial charge on any atom is -0.473 e. The van der Waals surface area contributed by atoms with Gasteiger partial charge in [-0.15, -0.1) is 0 Å². The van der Waals surface area contributed by atoms with Gasteiger partial charge in [-0.05, 0) is 38.2 Å². The number of benzene rings is 1. The Bertz CT molecular complexity index is 646. The quantitative estimate of drug-likeness (QED) is 0.858. The van der Waals surface area contributed by atoms with Crippen LogP contribution in [0.5, 0.6) is 5.88 Å². The van der Waals surface area contributed by atoms with E-state index in [9.17, 15) is 0 Å². The molecule has 4 nitrogen and oxygen atoms in total. The van der Waals surface area contributed by atoms with E-state index in [4.69, 9.17) is 4.74 Å². The molecule has 1 aromatic heterocycles. The molecule has 23 heavy (non-hydrogen) atoms. The molecule has 0 spiro atoms. The predicted molar refractivity (Wildman–Crippen MR) is 92.9 cm³/mol. The Labute approximate surface area is 138 Å². The molecule has 2 heterocycles. The van der Waals surface area contributed by atoms with Gasteiger partial charge in [-0.1, -0.05) is 36.8 Å². The Morgan fingerprint density at radius 3 is 2.48 bits per heavy atom. The zero-order valence-electron chi connectivity index (χ0n) is 14.2. The highest BCUT2D eigenvalue weighted by atomic mass is 16.5. The van der Waals surface area contributed by atoms with E-state index in [1.807, 2.05) is 13.0 Å². The van der Waals surface area contributed by atoms with E-state index in [1.165, 1.54) is 18.4 Å². The van der Waals surface area contributed by atoms with Gasteiger partial charge in [-0.2, -0.15) is 4.98 Å². The fraction of sp³-hybridized carbons (Fsp3) is 0.474. The van der Waals surface area contributed by atoms with Gasteiger partial charge in [0.15, 0.2) is 0 Å². The molecule has 0 N–H and O–H groups in total. The number of aryl methyl sites for hydroxylation is 2. The fourth-order valence-electron chi connectivity index (χ4n) is 2.79. The van der Waals surface area contributed by atoms with Crippen molar-refractivity contribution in [3.05, 3.63) is 47.2 Å². The van der Waals surface area contributed by atoms with E-state index >= 15 is 0 Å². The molecule has 0 saturated carbocycles. The summed E-state index contributed by atoms with van der Waals surface area (Å²) in [4.78, 5) is 11.5. The highest BCUT2D eigenvalue weighted by Gasteiger charge is 2.18. The van der Waals surface area contributed by atoms with Crippen molar-refractivity contribution in [1.82, 2.24) is 9.97 Å². The molecule has 2 aromatic rings. The van der Waals surface area contributed by atoms with Crippen molar-refractivity contribution in [2.24, 2.45) is 5.92 Å². The van der Waals surface area contributed by atoms with E-state index in [0.29, 0.717) is 12.5 Å². The molecule has 0 radical (unpaired) electrons. The highest BCUT2D eigenvalue weighted by molar-refractivity contribution is 5.35. The molecular weight excluding hydrogens is 286 g/mol. The van der Waals surface area contributed by atoms with Crippen LogP contribution in [0.1, 0.15) is 36.6 Å². The van der Waals surface area contributed by atoms with Crippen molar-refractivity contribution >= 4 is 5.95 Å². The second-order valence-corrected chi connectivity index (χ2v) is 6.59. The molecule has 0 unspecified atom stereocenters. The van der Waals surface area contributed by atoms with Crippen molar-refractivity contribution in [3.63, 3.8) is 0 Å². The van der Waals surface area contributed by atoms with Gasteiger partial charge >= 0.3 is 0 Å². The maximum Gasteiger partial charge on any atom is 0.228 e. The summed E-state index contributed by atoms with van der Waals surface area (Å²) >= 11 is 0. The van der Waals surface area contributed by atoms with Gasteiger partial charge in [-0.25, -0.2) is 4.98 Å². The first-order valence-electron chi connectivity index (χ1n) is 8.39. The first kappa shape index (κ1) is 15.8. The number of ether oxygens (including phenoxy) is 1. The lowest BCUT2D eigenvalue weighted by molar-refractivity contribution is 0.292. The van der Waals surface area contributed by atoms with Crippen LogP contribution in [0.4, 0.5) is 5.95 Å². The molecular formula is C19H25N3O. The maximum atomic E-state index is 5.89. The van der Waals surface area contributed by atoms with Crippen LogP contribution in [-0.2, 0) is 6.61 Å². The Morgan fingerprint density at radius 1 is 1.09 bits per heavy atom. The van der Waals surface area contributed by atoms with Crippen LogP contribution < -0.4 is 9.64 Å². The normalized spacial score (nSPS) is 15.7. The van der Waals surface area contributed by atoms with E-state index < -0.39 is 0 Å². The summed E-state index contributed by atoms with van der Waals surface area (Å²) < 4.78 is 5.89. The van der Waals surface area contributed by atoms with Crippen molar-refractivity contribution in [1.29, 1.82) is 0 Å². The summed E-state index contributed by atoms with van der Waals surface area (Å²) in [5, 5.41) is 0. The molecule has 0 amide bonds. The molecule has 0 aliphatic carbocycles. The van der Waals surface area contributed by atoms with Crippen LogP contribution in [-0.4, -0.2) is 23.1 Å². The van der Waals surface area contributed by atoms with Crippen LogP contribution in [0, 0.1) is 19.8 Å². The second kappa shape index (κ2) is 6.99. The van der Waals surface area contributed by atoms with Crippen molar-refractivity contribution < 1.29 is 4.74 Å². The SMILES string of the molecule is Cc1ccc(COc2cc(C)nc(N3CCC(C)CC3)n2)cc1. The number of nitrogens with zero attached hydrogens (tertiary/aromatic N) is 3. The summed E-state index contributed by atoms with van der Waals surface area (Å²) in [6.07, 6.45) is 2.41. The van der Waals surface area contributed by atoms with Gasteiger partial charge < -0.3 is 9.64 Å². The van der Waals surface area contributed by atoms with Crippen LogP contribution in [0.3, 0.4) is 0 Å². The Hall–Kier alpha value is -2.10. The number of hydrogen-bond donors (Lipinski definition) is 0. The van der Waals surface area contributed by atoms with Gasteiger partial charge in [0, 0.05) is 24.8 Å².